The van der Waals surface area contributed by atoms with Crippen LogP contribution in [0.15, 0.2) is 51.8 Å². The Kier molecular flexibility index (Phi) is 5.31. The first-order valence-corrected chi connectivity index (χ1v) is 9.51. The Morgan fingerprint density at radius 3 is 2.63 bits per heavy atom. The van der Waals surface area contributed by atoms with Gasteiger partial charge in [-0.2, -0.15) is 8.42 Å². The summed E-state index contributed by atoms with van der Waals surface area (Å²) in [5.41, 5.74) is 2.29. The van der Waals surface area contributed by atoms with E-state index < -0.39 is 23.0 Å². The summed E-state index contributed by atoms with van der Waals surface area (Å²) in [6, 6.07) is 10.6. The van der Waals surface area contributed by atoms with Crippen LogP contribution in [0.1, 0.15) is 15.9 Å². The van der Waals surface area contributed by atoms with Gasteiger partial charge in [-0.15, -0.1) is 4.40 Å². The van der Waals surface area contributed by atoms with Crippen molar-refractivity contribution in [3.63, 3.8) is 0 Å². The van der Waals surface area contributed by atoms with Crippen LogP contribution in [0.4, 0.5) is 5.69 Å². The van der Waals surface area contributed by atoms with Crippen LogP contribution in [0.5, 0.6) is 0 Å². The van der Waals surface area contributed by atoms with Gasteiger partial charge in [0.1, 0.15) is 6.34 Å². The Balaban J connectivity index is 1.74. The molecule has 0 aromatic heterocycles. The summed E-state index contributed by atoms with van der Waals surface area (Å²) in [7, 11) is -1.49. The van der Waals surface area contributed by atoms with Crippen molar-refractivity contribution in [1.82, 2.24) is 4.90 Å². The number of benzene rings is 2. The third kappa shape index (κ3) is 4.36. The van der Waals surface area contributed by atoms with Crippen molar-refractivity contribution in [3.8, 4) is 0 Å². The molecule has 0 unspecified atom stereocenters. The zero-order valence-electron chi connectivity index (χ0n) is 14.8. The molecule has 140 valence electrons. The molecule has 0 fully saturated rings. The van der Waals surface area contributed by atoms with Gasteiger partial charge in [0.2, 0.25) is 0 Å². The molecule has 8 nitrogen and oxygen atoms in total. The molecule has 1 aliphatic heterocycles. The number of nitrogens with zero attached hydrogens (tertiary/aromatic N) is 2. The van der Waals surface area contributed by atoms with E-state index in [4.69, 9.17) is 4.65 Å². The molecule has 0 saturated carbocycles. The molecule has 1 aliphatic rings. The van der Waals surface area contributed by atoms with E-state index in [2.05, 4.69) is 9.71 Å². The first-order chi connectivity index (χ1) is 12.8. The average Bonchev–Trinajstić information content (AvgIpc) is 3.01. The van der Waals surface area contributed by atoms with Gasteiger partial charge in [-0.25, -0.2) is 0 Å². The SMILES string of the molecule is CN(C)C=NS(=O)(=O)c1ccc(C(=O)Nc2ccc3c(c2)B(O)OC3)cc1. The number of amides is 1. The number of sulfonamides is 1. The molecular formula is C17H18BN3O5S. The van der Waals surface area contributed by atoms with Gasteiger partial charge in [0.15, 0.2) is 0 Å². The molecule has 1 heterocycles. The van der Waals surface area contributed by atoms with E-state index in [9.17, 15) is 18.2 Å². The van der Waals surface area contributed by atoms with Crippen LogP contribution in [0.3, 0.4) is 0 Å². The smallest absolute Gasteiger partial charge is 0.423 e. The topological polar surface area (TPSA) is 108 Å². The fraction of sp³-hybridized carbons (Fsp3) is 0.176. The molecule has 2 aromatic rings. The Bertz CT molecular complexity index is 990. The van der Waals surface area contributed by atoms with Crippen LogP contribution in [-0.2, 0) is 21.3 Å². The van der Waals surface area contributed by atoms with Crippen LogP contribution in [0, 0.1) is 0 Å². The average molecular weight is 387 g/mol. The van der Waals surface area contributed by atoms with E-state index in [-0.39, 0.29) is 4.90 Å². The molecule has 0 radical (unpaired) electrons. The second-order valence-electron chi connectivity index (χ2n) is 6.22. The maximum absolute atomic E-state index is 12.4. The molecule has 1 amide bonds. The molecule has 0 spiro atoms. The molecule has 3 rings (SSSR count). The number of carbonyl (C=O) groups excluding carboxylic acids is 1. The highest BCUT2D eigenvalue weighted by atomic mass is 32.2. The van der Waals surface area contributed by atoms with Crippen molar-refractivity contribution in [2.75, 3.05) is 19.4 Å². The zero-order valence-corrected chi connectivity index (χ0v) is 15.6. The summed E-state index contributed by atoms with van der Waals surface area (Å²) in [5.74, 6) is -0.399. The van der Waals surface area contributed by atoms with Crippen LogP contribution < -0.4 is 10.8 Å². The van der Waals surface area contributed by atoms with E-state index in [1.807, 2.05) is 0 Å². The largest absolute Gasteiger partial charge is 0.491 e. The normalized spacial score (nSPS) is 13.7. The van der Waals surface area contributed by atoms with Gasteiger partial charge >= 0.3 is 7.12 Å². The van der Waals surface area contributed by atoms with Crippen molar-refractivity contribution >= 4 is 40.5 Å². The van der Waals surface area contributed by atoms with Gasteiger partial charge in [0.05, 0.1) is 11.5 Å². The number of rotatable bonds is 5. The lowest BCUT2D eigenvalue weighted by Gasteiger charge is -2.08. The van der Waals surface area contributed by atoms with E-state index in [1.54, 1.807) is 32.3 Å². The van der Waals surface area contributed by atoms with Crippen LogP contribution in [0.2, 0.25) is 0 Å². The van der Waals surface area contributed by atoms with E-state index in [0.29, 0.717) is 23.3 Å². The summed E-state index contributed by atoms with van der Waals surface area (Å²) in [5, 5.41) is 12.5. The maximum atomic E-state index is 12.4. The van der Waals surface area contributed by atoms with Crippen molar-refractivity contribution in [3.05, 3.63) is 53.6 Å². The molecule has 10 heteroatoms. The molecule has 0 atom stereocenters. The minimum Gasteiger partial charge on any atom is -0.423 e. The number of hydrogen-bond donors (Lipinski definition) is 2. The summed E-state index contributed by atoms with van der Waals surface area (Å²) in [4.78, 5) is 13.9. The Labute approximate surface area is 157 Å². The lowest BCUT2D eigenvalue weighted by Crippen LogP contribution is -2.28. The fourth-order valence-corrected chi connectivity index (χ4v) is 3.41. The van der Waals surface area contributed by atoms with Crippen molar-refractivity contribution in [1.29, 1.82) is 0 Å². The van der Waals surface area contributed by atoms with Gasteiger partial charge < -0.3 is 19.9 Å². The lowest BCUT2D eigenvalue weighted by molar-refractivity contribution is 0.102. The third-order valence-electron chi connectivity index (χ3n) is 3.90. The molecule has 0 bridgehead atoms. The van der Waals surface area contributed by atoms with Gasteiger partial charge in [0.25, 0.3) is 15.9 Å². The predicted molar refractivity (Wildman–Crippen MR) is 103 cm³/mol. The van der Waals surface area contributed by atoms with Gasteiger partial charge in [0, 0.05) is 25.3 Å². The Hall–Kier alpha value is -2.69. The van der Waals surface area contributed by atoms with Gasteiger partial charge in [-0.3, -0.25) is 4.79 Å². The summed E-state index contributed by atoms with van der Waals surface area (Å²) < 4.78 is 32.8. The number of carbonyl (C=O) groups is 1. The van der Waals surface area contributed by atoms with E-state index in [0.717, 1.165) is 5.56 Å². The summed E-state index contributed by atoms with van der Waals surface area (Å²) in [6.07, 6.45) is 1.20. The van der Waals surface area contributed by atoms with Crippen molar-refractivity contribution in [2.45, 2.75) is 11.5 Å². The highest BCUT2D eigenvalue weighted by Gasteiger charge is 2.27. The molecule has 27 heavy (non-hydrogen) atoms. The first-order valence-electron chi connectivity index (χ1n) is 8.07. The third-order valence-corrected chi connectivity index (χ3v) is 5.14. The molecule has 0 saturated heterocycles. The minimum absolute atomic E-state index is 0.00467. The summed E-state index contributed by atoms with van der Waals surface area (Å²) in [6.45, 7) is 0.330. The van der Waals surface area contributed by atoms with E-state index >= 15 is 0 Å². The number of hydrogen-bond acceptors (Lipinski definition) is 5. The van der Waals surface area contributed by atoms with Gasteiger partial charge in [-0.1, -0.05) is 6.07 Å². The Morgan fingerprint density at radius 2 is 1.96 bits per heavy atom. The molecule has 0 aliphatic carbocycles. The standard InChI is InChI=1S/C17H18BN3O5S/c1-21(2)11-19-27(24,25)15-7-4-12(5-8-15)17(22)20-14-6-3-13-10-26-18(23)16(13)9-14/h3-9,11,23H,10H2,1-2H3,(H,20,22). The number of anilines is 1. The molecule has 2 aromatic carbocycles. The fourth-order valence-electron chi connectivity index (χ4n) is 2.49. The molecule has 2 N–H and O–H groups in total. The highest BCUT2D eigenvalue weighted by Crippen LogP contribution is 2.17. The zero-order chi connectivity index (χ0) is 19.6. The molecular weight excluding hydrogens is 369 g/mol. The van der Waals surface area contributed by atoms with Gasteiger partial charge in [-0.05, 0) is 47.4 Å². The quantitative estimate of drug-likeness (QED) is 0.438. The van der Waals surface area contributed by atoms with Crippen molar-refractivity contribution < 1.29 is 22.9 Å². The highest BCUT2D eigenvalue weighted by molar-refractivity contribution is 7.90. The second kappa shape index (κ2) is 7.51. The van der Waals surface area contributed by atoms with Crippen molar-refractivity contribution in [2.24, 2.45) is 4.40 Å². The number of nitrogens with one attached hydrogen (secondary N) is 1. The summed E-state index contributed by atoms with van der Waals surface area (Å²) >= 11 is 0. The lowest BCUT2D eigenvalue weighted by atomic mass is 9.79. The van der Waals surface area contributed by atoms with Crippen LogP contribution in [-0.4, -0.2) is 51.8 Å². The maximum Gasteiger partial charge on any atom is 0.491 e. The van der Waals surface area contributed by atoms with E-state index in [1.165, 1.54) is 35.5 Å². The van der Waals surface area contributed by atoms with Crippen LogP contribution >= 0.6 is 0 Å². The minimum atomic E-state index is -3.82. The predicted octanol–water partition coefficient (Wildman–Crippen LogP) is 0.435. The second-order valence-corrected chi connectivity index (χ2v) is 7.85. The first kappa shape index (κ1) is 19.1. The monoisotopic (exact) mass is 387 g/mol. The van der Waals surface area contributed by atoms with Crippen LogP contribution in [0.25, 0.3) is 0 Å². The number of fused-ring (bicyclic) bond motifs is 1. The Morgan fingerprint density at radius 1 is 1.26 bits per heavy atom.